The van der Waals surface area contributed by atoms with Gasteiger partial charge in [-0.2, -0.15) is 0 Å². The number of nitrogens with two attached hydrogens (primary N) is 1. The first-order valence-corrected chi connectivity index (χ1v) is 4.25. The largest absolute Gasteiger partial charge is 0.324 e. The number of allylic oxidation sites excluding steroid dienone is 1. The van der Waals surface area contributed by atoms with E-state index >= 15 is 0 Å². The van der Waals surface area contributed by atoms with Crippen molar-refractivity contribution in [3.63, 3.8) is 0 Å². The molecular weight excluding hydrogens is 122 g/mol. The molecule has 2 N–H and O–H groups in total. The molecule has 58 valence electrons. The Morgan fingerprint density at radius 1 is 1.40 bits per heavy atom. The van der Waals surface area contributed by atoms with Crippen molar-refractivity contribution in [3.8, 4) is 0 Å². The monoisotopic (exact) mass is 139 g/mol. The lowest BCUT2D eigenvalue weighted by atomic mass is 10.0. The third-order valence-electron chi connectivity index (χ3n) is 2.16. The summed E-state index contributed by atoms with van der Waals surface area (Å²) in [5.41, 5.74) is 7.24. The molecule has 1 heteroatoms. The van der Waals surface area contributed by atoms with Crippen LogP contribution < -0.4 is 5.73 Å². The standard InChI is InChI=1S/C9H17N/c1-8(10)9-6-4-2-3-5-7-9/h6,8H,2-5,7,10H2,1H3. The first-order chi connectivity index (χ1) is 4.80. The Labute approximate surface area is 63.3 Å². The normalized spacial score (nSPS) is 23.2. The second kappa shape index (κ2) is 3.77. The van der Waals surface area contributed by atoms with Gasteiger partial charge in [0.15, 0.2) is 0 Å². The van der Waals surface area contributed by atoms with Gasteiger partial charge in [0.1, 0.15) is 0 Å². The van der Waals surface area contributed by atoms with Crippen LogP contribution >= 0.6 is 0 Å². The van der Waals surface area contributed by atoms with E-state index in [1.807, 2.05) is 0 Å². The molecule has 0 aliphatic heterocycles. The van der Waals surface area contributed by atoms with Crippen LogP contribution in [0, 0.1) is 0 Å². The summed E-state index contributed by atoms with van der Waals surface area (Å²) in [6.45, 7) is 2.08. The van der Waals surface area contributed by atoms with Crippen molar-refractivity contribution < 1.29 is 0 Å². The van der Waals surface area contributed by atoms with Crippen LogP contribution in [-0.4, -0.2) is 6.04 Å². The fourth-order valence-electron chi connectivity index (χ4n) is 1.45. The van der Waals surface area contributed by atoms with Gasteiger partial charge in [0.25, 0.3) is 0 Å². The molecule has 1 aliphatic rings. The second-order valence-electron chi connectivity index (χ2n) is 3.17. The fraction of sp³-hybridized carbons (Fsp3) is 0.778. The lowest BCUT2D eigenvalue weighted by Crippen LogP contribution is -2.17. The van der Waals surface area contributed by atoms with Gasteiger partial charge >= 0.3 is 0 Å². The minimum Gasteiger partial charge on any atom is -0.324 e. The van der Waals surface area contributed by atoms with E-state index in [9.17, 15) is 0 Å². The van der Waals surface area contributed by atoms with Crippen molar-refractivity contribution in [3.05, 3.63) is 11.6 Å². The quantitative estimate of drug-likeness (QED) is 0.554. The molecule has 1 rings (SSSR count). The molecule has 0 amide bonds. The third kappa shape index (κ3) is 2.14. The molecule has 0 spiro atoms. The van der Waals surface area contributed by atoms with Gasteiger partial charge in [-0.1, -0.05) is 18.1 Å². The summed E-state index contributed by atoms with van der Waals surface area (Å²) >= 11 is 0. The molecule has 0 bridgehead atoms. The highest BCUT2D eigenvalue weighted by Gasteiger charge is 2.05. The van der Waals surface area contributed by atoms with Crippen LogP contribution in [-0.2, 0) is 0 Å². The summed E-state index contributed by atoms with van der Waals surface area (Å²) in [7, 11) is 0. The fourth-order valence-corrected chi connectivity index (χ4v) is 1.45. The van der Waals surface area contributed by atoms with Crippen molar-refractivity contribution >= 4 is 0 Å². The van der Waals surface area contributed by atoms with Crippen LogP contribution in [0.3, 0.4) is 0 Å². The highest BCUT2D eigenvalue weighted by atomic mass is 14.6. The highest BCUT2D eigenvalue weighted by molar-refractivity contribution is 5.09. The molecule has 0 saturated carbocycles. The van der Waals surface area contributed by atoms with Crippen LogP contribution in [0.5, 0.6) is 0 Å². The van der Waals surface area contributed by atoms with E-state index in [1.54, 1.807) is 0 Å². The van der Waals surface area contributed by atoms with Gasteiger partial charge in [-0.15, -0.1) is 0 Å². The molecule has 1 aliphatic carbocycles. The summed E-state index contributed by atoms with van der Waals surface area (Å²) in [6.07, 6.45) is 8.89. The van der Waals surface area contributed by atoms with Crippen molar-refractivity contribution in [2.24, 2.45) is 5.73 Å². The average Bonchev–Trinajstić information content (AvgIpc) is 2.12. The van der Waals surface area contributed by atoms with Gasteiger partial charge in [-0.3, -0.25) is 0 Å². The van der Waals surface area contributed by atoms with Crippen LogP contribution in [0.4, 0.5) is 0 Å². The van der Waals surface area contributed by atoms with Gasteiger partial charge in [0, 0.05) is 6.04 Å². The molecule has 1 nitrogen and oxygen atoms in total. The average molecular weight is 139 g/mol. The summed E-state index contributed by atoms with van der Waals surface area (Å²) in [5.74, 6) is 0. The Balaban J connectivity index is 2.46. The predicted octanol–water partition coefficient (Wildman–Crippen LogP) is 2.22. The van der Waals surface area contributed by atoms with Gasteiger partial charge < -0.3 is 5.73 Å². The Kier molecular flexibility index (Phi) is 2.94. The smallest absolute Gasteiger partial charge is 0.0224 e. The maximum Gasteiger partial charge on any atom is 0.0224 e. The summed E-state index contributed by atoms with van der Waals surface area (Å²) in [6, 6.07) is 0.290. The zero-order valence-electron chi connectivity index (χ0n) is 6.77. The molecule has 0 aromatic carbocycles. The number of hydrogen-bond donors (Lipinski definition) is 1. The Morgan fingerprint density at radius 2 is 2.20 bits per heavy atom. The van der Waals surface area contributed by atoms with Crippen LogP contribution in [0.2, 0.25) is 0 Å². The van der Waals surface area contributed by atoms with Crippen molar-refractivity contribution in [2.75, 3.05) is 0 Å². The van der Waals surface area contributed by atoms with Gasteiger partial charge in [-0.25, -0.2) is 0 Å². The summed E-state index contributed by atoms with van der Waals surface area (Å²) < 4.78 is 0. The Bertz CT molecular complexity index is 125. The molecule has 1 unspecified atom stereocenters. The zero-order valence-corrected chi connectivity index (χ0v) is 6.77. The van der Waals surface area contributed by atoms with Crippen LogP contribution in [0.25, 0.3) is 0 Å². The molecule has 0 radical (unpaired) electrons. The predicted molar refractivity (Wildman–Crippen MR) is 44.8 cm³/mol. The van der Waals surface area contributed by atoms with Crippen molar-refractivity contribution in [1.29, 1.82) is 0 Å². The minimum atomic E-state index is 0.290. The van der Waals surface area contributed by atoms with Gasteiger partial charge in [0.05, 0.1) is 0 Å². The number of rotatable bonds is 1. The summed E-state index contributed by atoms with van der Waals surface area (Å²) in [4.78, 5) is 0. The van der Waals surface area contributed by atoms with E-state index in [0.717, 1.165) is 0 Å². The lowest BCUT2D eigenvalue weighted by Gasteiger charge is -2.07. The molecule has 0 fully saturated rings. The van der Waals surface area contributed by atoms with E-state index in [4.69, 9.17) is 5.73 Å². The molecule has 1 atom stereocenters. The van der Waals surface area contributed by atoms with Crippen molar-refractivity contribution in [2.45, 2.75) is 45.1 Å². The van der Waals surface area contributed by atoms with Crippen LogP contribution in [0.1, 0.15) is 39.0 Å². The molecular formula is C9H17N. The Hall–Kier alpha value is -0.300. The molecule has 0 aromatic heterocycles. The SMILES string of the molecule is CC(N)C1=CCCCCC1. The van der Waals surface area contributed by atoms with Gasteiger partial charge in [0.2, 0.25) is 0 Å². The van der Waals surface area contributed by atoms with E-state index in [1.165, 1.54) is 37.7 Å². The number of hydrogen-bond acceptors (Lipinski definition) is 1. The molecule has 0 heterocycles. The third-order valence-corrected chi connectivity index (χ3v) is 2.16. The minimum absolute atomic E-state index is 0.290. The summed E-state index contributed by atoms with van der Waals surface area (Å²) in [5, 5.41) is 0. The van der Waals surface area contributed by atoms with E-state index in [-0.39, 0.29) is 6.04 Å². The van der Waals surface area contributed by atoms with Gasteiger partial charge in [-0.05, 0) is 32.6 Å². The molecule has 0 saturated heterocycles. The van der Waals surface area contributed by atoms with Crippen LogP contribution in [0.15, 0.2) is 11.6 Å². The first kappa shape index (κ1) is 7.80. The molecule has 0 aromatic rings. The Morgan fingerprint density at radius 3 is 2.90 bits per heavy atom. The zero-order chi connectivity index (χ0) is 7.40. The lowest BCUT2D eigenvalue weighted by molar-refractivity contribution is 0.691. The maximum absolute atomic E-state index is 5.77. The van der Waals surface area contributed by atoms with Crippen molar-refractivity contribution in [1.82, 2.24) is 0 Å². The van der Waals surface area contributed by atoms with E-state index in [2.05, 4.69) is 13.0 Å². The first-order valence-electron chi connectivity index (χ1n) is 4.25. The molecule has 10 heavy (non-hydrogen) atoms. The second-order valence-corrected chi connectivity index (χ2v) is 3.17. The van der Waals surface area contributed by atoms with E-state index in [0.29, 0.717) is 0 Å². The highest BCUT2D eigenvalue weighted by Crippen LogP contribution is 2.18. The topological polar surface area (TPSA) is 26.0 Å². The van der Waals surface area contributed by atoms with E-state index < -0.39 is 0 Å². The maximum atomic E-state index is 5.77.